The van der Waals surface area contributed by atoms with Crippen molar-refractivity contribution in [2.75, 3.05) is 6.61 Å². The lowest BCUT2D eigenvalue weighted by Gasteiger charge is -2.29. The fourth-order valence-electron chi connectivity index (χ4n) is 3.39. The second kappa shape index (κ2) is 9.18. The van der Waals surface area contributed by atoms with E-state index in [9.17, 15) is 4.79 Å². The van der Waals surface area contributed by atoms with Crippen LogP contribution in [0.2, 0.25) is 0 Å². The van der Waals surface area contributed by atoms with Gasteiger partial charge < -0.3 is 9.47 Å². The van der Waals surface area contributed by atoms with Gasteiger partial charge in [-0.2, -0.15) is 0 Å². The van der Waals surface area contributed by atoms with Crippen LogP contribution in [0.5, 0.6) is 0 Å². The van der Waals surface area contributed by atoms with Gasteiger partial charge in [-0.1, -0.05) is 73.8 Å². The Bertz CT molecular complexity index is 814. The van der Waals surface area contributed by atoms with Gasteiger partial charge in [0.15, 0.2) is 6.04 Å². The third-order valence-corrected chi connectivity index (χ3v) is 4.61. The average molecular weight is 375 g/mol. The quantitative estimate of drug-likeness (QED) is 0.532. The molecule has 0 N–H and O–H groups in total. The molecule has 0 saturated carbocycles. The molecule has 4 nitrogen and oxygen atoms in total. The van der Waals surface area contributed by atoms with Gasteiger partial charge in [0.2, 0.25) is 0 Å². The summed E-state index contributed by atoms with van der Waals surface area (Å²) >= 11 is 0. The number of rotatable bonds is 6. The zero-order chi connectivity index (χ0) is 19.9. The maximum Gasteiger partial charge on any atom is 0.331 e. The minimum absolute atomic E-state index is 0.102. The largest absolute Gasteiger partial charge is 0.467 e. The Morgan fingerprint density at radius 2 is 1.54 bits per heavy atom. The lowest BCUT2D eigenvalue weighted by molar-refractivity contribution is -0.146. The molecule has 1 aliphatic rings. The van der Waals surface area contributed by atoms with Crippen LogP contribution in [-0.4, -0.2) is 24.3 Å². The van der Waals surface area contributed by atoms with E-state index in [0.717, 1.165) is 16.8 Å². The highest BCUT2D eigenvalue weighted by Gasteiger charge is 2.34. The van der Waals surface area contributed by atoms with Crippen molar-refractivity contribution in [3.63, 3.8) is 0 Å². The number of esters is 1. The van der Waals surface area contributed by atoms with E-state index in [0.29, 0.717) is 31.0 Å². The van der Waals surface area contributed by atoms with Gasteiger partial charge in [0.05, 0.1) is 23.8 Å². The maximum absolute atomic E-state index is 12.8. The molecule has 2 aromatic carbocycles. The molecule has 0 radical (unpaired) electrons. The first-order chi connectivity index (χ1) is 13.6. The molecule has 1 unspecified atom stereocenters. The van der Waals surface area contributed by atoms with Gasteiger partial charge in [-0.05, 0) is 6.92 Å². The highest BCUT2D eigenvalue weighted by molar-refractivity contribution is 6.13. The molecule has 28 heavy (non-hydrogen) atoms. The Hall–Kier alpha value is -3.14. The van der Waals surface area contributed by atoms with Crippen molar-refractivity contribution in [1.82, 2.24) is 0 Å². The fraction of sp³-hybridized carbons (Fsp3) is 0.250. The van der Waals surface area contributed by atoms with E-state index in [4.69, 9.17) is 14.5 Å². The summed E-state index contributed by atoms with van der Waals surface area (Å²) in [7, 11) is 0. The fourth-order valence-corrected chi connectivity index (χ4v) is 3.39. The lowest BCUT2D eigenvalue weighted by Crippen LogP contribution is -2.34. The molecule has 0 aliphatic carbocycles. The zero-order valence-corrected chi connectivity index (χ0v) is 16.1. The standard InChI is InChI=1S/C24H25NO3/c1-4-27-24(26)23(21-15-17(2)28-18(3)16-21)25-22(19-11-7-5-8-12-19)20-13-9-6-10-14-20/h5-14,21,23H,2-4,15-16H2,1H3. The molecule has 4 heteroatoms. The first-order valence-corrected chi connectivity index (χ1v) is 9.47. The van der Waals surface area contributed by atoms with Crippen molar-refractivity contribution in [3.05, 3.63) is 96.5 Å². The summed E-state index contributed by atoms with van der Waals surface area (Å²) < 4.78 is 10.8. The summed E-state index contributed by atoms with van der Waals surface area (Å²) in [4.78, 5) is 17.8. The van der Waals surface area contributed by atoms with E-state index >= 15 is 0 Å². The number of allylic oxidation sites excluding steroid dienone is 2. The zero-order valence-electron chi connectivity index (χ0n) is 16.1. The van der Waals surface area contributed by atoms with Crippen LogP contribution < -0.4 is 0 Å². The van der Waals surface area contributed by atoms with Crippen molar-refractivity contribution in [2.24, 2.45) is 10.9 Å². The van der Waals surface area contributed by atoms with Gasteiger partial charge >= 0.3 is 5.97 Å². The number of hydrogen-bond donors (Lipinski definition) is 0. The highest BCUT2D eigenvalue weighted by atomic mass is 16.5. The molecular weight excluding hydrogens is 350 g/mol. The van der Waals surface area contributed by atoms with Crippen LogP contribution in [0.15, 0.2) is 90.3 Å². The van der Waals surface area contributed by atoms with E-state index < -0.39 is 6.04 Å². The van der Waals surface area contributed by atoms with Crippen molar-refractivity contribution < 1.29 is 14.3 Å². The number of benzene rings is 2. The maximum atomic E-state index is 12.8. The van der Waals surface area contributed by atoms with Gasteiger partial charge in [-0.25, -0.2) is 4.79 Å². The summed E-state index contributed by atoms with van der Waals surface area (Å²) in [5.41, 5.74) is 2.67. The summed E-state index contributed by atoms with van der Waals surface area (Å²) in [6, 6.07) is 19.1. The Morgan fingerprint density at radius 3 is 2.00 bits per heavy atom. The lowest BCUT2D eigenvalue weighted by atomic mass is 9.89. The number of aliphatic imine (C=N–C) groups is 1. The topological polar surface area (TPSA) is 47.9 Å². The van der Waals surface area contributed by atoms with Crippen LogP contribution in [0, 0.1) is 5.92 Å². The number of nitrogens with zero attached hydrogens (tertiary/aromatic N) is 1. The first kappa shape index (κ1) is 19.6. The summed E-state index contributed by atoms with van der Waals surface area (Å²) in [6.45, 7) is 9.94. The predicted molar refractivity (Wildman–Crippen MR) is 111 cm³/mol. The monoisotopic (exact) mass is 375 g/mol. The molecule has 144 valence electrons. The van der Waals surface area contributed by atoms with E-state index in [1.807, 2.05) is 60.7 Å². The second-order valence-corrected chi connectivity index (χ2v) is 6.75. The van der Waals surface area contributed by atoms with Crippen molar-refractivity contribution in [1.29, 1.82) is 0 Å². The predicted octanol–water partition coefficient (Wildman–Crippen LogP) is 4.91. The van der Waals surface area contributed by atoms with E-state index in [-0.39, 0.29) is 11.9 Å². The van der Waals surface area contributed by atoms with Crippen molar-refractivity contribution >= 4 is 11.7 Å². The Balaban J connectivity index is 2.07. The smallest absolute Gasteiger partial charge is 0.331 e. The van der Waals surface area contributed by atoms with Gasteiger partial charge in [0, 0.05) is 29.9 Å². The van der Waals surface area contributed by atoms with Crippen LogP contribution in [0.4, 0.5) is 0 Å². The molecule has 2 aromatic rings. The minimum atomic E-state index is -0.659. The highest BCUT2D eigenvalue weighted by Crippen LogP contribution is 2.33. The molecule has 0 spiro atoms. The van der Waals surface area contributed by atoms with E-state index in [1.54, 1.807) is 6.92 Å². The number of ether oxygens (including phenoxy) is 2. The Kier molecular flexibility index (Phi) is 6.43. The van der Waals surface area contributed by atoms with Crippen molar-refractivity contribution in [3.8, 4) is 0 Å². The molecule has 0 aromatic heterocycles. The number of carbonyl (C=O) groups is 1. The van der Waals surface area contributed by atoms with Crippen LogP contribution >= 0.6 is 0 Å². The molecule has 0 bridgehead atoms. The molecule has 1 saturated heterocycles. The van der Waals surface area contributed by atoms with Crippen LogP contribution in [0.3, 0.4) is 0 Å². The van der Waals surface area contributed by atoms with Crippen LogP contribution in [0.1, 0.15) is 30.9 Å². The van der Waals surface area contributed by atoms with Crippen LogP contribution in [-0.2, 0) is 14.3 Å². The van der Waals surface area contributed by atoms with E-state index in [1.165, 1.54) is 0 Å². The summed E-state index contributed by atoms with van der Waals surface area (Å²) in [5, 5.41) is 0. The van der Waals surface area contributed by atoms with E-state index in [2.05, 4.69) is 13.2 Å². The Morgan fingerprint density at radius 1 is 1.04 bits per heavy atom. The summed E-state index contributed by atoms with van der Waals surface area (Å²) in [6.07, 6.45) is 1.09. The molecule has 1 atom stereocenters. The van der Waals surface area contributed by atoms with Gasteiger partial charge in [-0.3, -0.25) is 4.99 Å². The number of carbonyl (C=O) groups excluding carboxylic acids is 1. The van der Waals surface area contributed by atoms with Gasteiger partial charge in [-0.15, -0.1) is 0 Å². The molecule has 0 amide bonds. The third-order valence-electron chi connectivity index (χ3n) is 4.61. The van der Waals surface area contributed by atoms with Crippen molar-refractivity contribution in [2.45, 2.75) is 25.8 Å². The third kappa shape index (κ3) is 4.77. The normalized spacial score (nSPS) is 15.5. The Labute approximate surface area is 166 Å². The minimum Gasteiger partial charge on any atom is -0.467 e. The molecular formula is C24H25NO3. The second-order valence-electron chi connectivity index (χ2n) is 6.75. The van der Waals surface area contributed by atoms with Gasteiger partial charge in [0.1, 0.15) is 0 Å². The molecule has 3 rings (SSSR count). The molecule has 1 heterocycles. The van der Waals surface area contributed by atoms with Gasteiger partial charge in [0.25, 0.3) is 0 Å². The summed E-state index contributed by atoms with van der Waals surface area (Å²) in [5.74, 6) is 0.771. The SMILES string of the molecule is C=C1CC(C(N=C(c2ccccc2)c2ccccc2)C(=O)OCC)CC(=C)O1. The molecule has 1 fully saturated rings. The number of hydrogen-bond acceptors (Lipinski definition) is 4. The molecule has 1 aliphatic heterocycles. The average Bonchev–Trinajstić information content (AvgIpc) is 2.69. The first-order valence-electron chi connectivity index (χ1n) is 9.47. The van der Waals surface area contributed by atoms with Crippen LogP contribution in [0.25, 0.3) is 0 Å².